The van der Waals surface area contributed by atoms with Crippen LogP contribution in [0.3, 0.4) is 0 Å². The van der Waals surface area contributed by atoms with E-state index in [4.69, 9.17) is 4.74 Å². The third-order valence-electron chi connectivity index (χ3n) is 2.81. The van der Waals surface area contributed by atoms with Crippen LogP contribution in [0.4, 0.5) is 0 Å². The van der Waals surface area contributed by atoms with Crippen molar-refractivity contribution in [1.82, 2.24) is 10.2 Å². The van der Waals surface area contributed by atoms with Gasteiger partial charge in [-0.05, 0) is 59.7 Å². The van der Waals surface area contributed by atoms with Crippen LogP contribution in [0.15, 0.2) is 0 Å². The van der Waals surface area contributed by atoms with Crippen molar-refractivity contribution in [2.24, 2.45) is 0 Å². The highest BCUT2D eigenvalue weighted by Gasteiger charge is 2.13. The molecule has 4 nitrogen and oxygen atoms in total. The van der Waals surface area contributed by atoms with E-state index < -0.39 is 0 Å². The first-order chi connectivity index (χ1) is 7.97. The predicted molar refractivity (Wildman–Crippen MR) is 69.0 cm³/mol. The molecule has 1 N–H and O–H groups in total. The van der Waals surface area contributed by atoms with Gasteiger partial charge in [-0.1, -0.05) is 0 Å². The van der Waals surface area contributed by atoms with Crippen LogP contribution in [-0.2, 0) is 9.53 Å². The molecule has 1 amide bonds. The summed E-state index contributed by atoms with van der Waals surface area (Å²) in [6.07, 6.45) is 3.68. The highest BCUT2D eigenvalue weighted by Crippen LogP contribution is 2.07. The largest absolute Gasteiger partial charge is 0.366 e. The number of hydrogen-bond donors (Lipinski definition) is 1. The summed E-state index contributed by atoms with van der Waals surface area (Å²) < 4.78 is 5.40. The molecule has 1 fully saturated rings. The maximum absolute atomic E-state index is 11.4. The summed E-state index contributed by atoms with van der Waals surface area (Å²) in [6.45, 7) is 10.3. The lowest BCUT2D eigenvalue weighted by Crippen LogP contribution is -2.33. The highest BCUT2D eigenvalue weighted by molar-refractivity contribution is 5.77. The summed E-state index contributed by atoms with van der Waals surface area (Å²) in [6, 6.07) is 0. The highest BCUT2D eigenvalue weighted by atomic mass is 16.5. The molecule has 0 saturated carbocycles. The molecule has 0 bridgehead atoms. The van der Waals surface area contributed by atoms with E-state index in [1.165, 1.54) is 25.9 Å². The van der Waals surface area contributed by atoms with Gasteiger partial charge in [-0.25, -0.2) is 0 Å². The molecule has 0 aromatic carbocycles. The average Bonchev–Trinajstić information content (AvgIpc) is 2.73. The maximum Gasteiger partial charge on any atom is 0.246 e. The van der Waals surface area contributed by atoms with Crippen molar-refractivity contribution < 1.29 is 9.53 Å². The molecule has 1 heterocycles. The van der Waals surface area contributed by atoms with Crippen LogP contribution in [0, 0.1) is 0 Å². The Bertz CT molecular complexity index is 230. The third-order valence-corrected chi connectivity index (χ3v) is 2.81. The Morgan fingerprint density at radius 1 is 1.29 bits per heavy atom. The Kier molecular flexibility index (Phi) is 5.92. The van der Waals surface area contributed by atoms with Gasteiger partial charge >= 0.3 is 0 Å². The lowest BCUT2D eigenvalue weighted by Gasteiger charge is -2.19. The van der Waals surface area contributed by atoms with Crippen molar-refractivity contribution in [3.05, 3.63) is 0 Å². The minimum absolute atomic E-state index is 0.0126. The van der Waals surface area contributed by atoms with E-state index in [1.807, 2.05) is 20.8 Å². The lowest BCUT2D eigenvalue weighted by atomic mass is 10.2. The Morgan fingerprint density at radius 3 is 2.53 bits per heavy atom. The number of hydrogen-bond acceptors (Lipinski definition) is 3. The molecule has 17 heavy (non-hydrogen) atoms. The molecular weight excluding hydrogens is 216 g/mol. The summed E-state index contributed by atoms with van der Waals surface area (Å²) in [5.41, 5.74) is -0.243. The van der Waals surface area contributed by atoms with Gasteiger partial charge in [0.2, 0.25) is 5.91 Å². The fourth-order valence-electron chi connectivity index (χ4n) is 1.87. The molecule has 0 aliphatic carbocycles. The second-order valence-electron chi connectivity index (χ2n) is 5.65. The summed E-state index contributed by atoms with van der Waals surface area (Å²) >= 11 is 0. The zero-order valence-electron chi connectivity index (χ0n) is 11.4. The number of amides is 1. The quantitative estimate of drug-likeness (QED) is 0.716. The Morgan fingerprint density at radius 2 is 1.94 bits per heavy atom. The van der Waals surface area contributed by atoms with Gasteiger partial charge in [-0.3, -0.25) is 4.79 Å². The van der Waals surface area contributed by atoms with Crippen LogP contribution in [0.1, 0.15) is 40.0 Å². The van der Waals surface area contributed by atoms with E-state index in [-0.39, 0.29) is 18.1 Å². The number of carbonyl (C=O) groups excluding carboxylic acids is 1. The lowest BCUT2D eigenvalue weighted by molar-refractivity contribution is -0.130. The molecule has 0 aromatic rings. The molecule has 4 heteroatoms. The molecule has 0 spiro atoms. The Labute approximate surface area is 105 Å². The maximum atomic E-state index is 11.4. The molecule has 0 radical (unpaired) electrons. The van der Waals surface area contributed by atoms with Crippen molar-refractivity contribution in [2.45, 2.75) is 45.6 Å². The molecule has 0 atom stereocenters. The average molecular weight is 242 g/mol. The fraction of sp³-hybridized carbons (Fsp3) is 0.923. The number of nitrogens with one attached hydrogen (secondary N) is 1. The van der Waals surface area contributed by atoms with Crippen molar-refractivity contribution in [1.29, 1.82) is 0 Å². The fourth-order valence-corrected chi connectivity index (χ4v) is 1.87. The molecule has 1 saturated heterocycles. The van der Waals surface area contributed by atoms with Crippen LogP contribution in [0.25, 0.3) is 0 Å². The van der Waals surface area contributed by atoms with E-state index in [1.54, 1.807) is 0 Å². The Balaban J connectivity index is 1.96. The number of nitrogens with zero attached hydrogens (tertiary/aromatic N) is 1. The van der Waals surface area contributed by atoms with Gasteiger partial charge in [0.25, 0.3) is 0 Å². The van der Waals surface area contributed by atoms with Crippen LogP contribution in [0.5, 0.6) is 0 Å². The number of rotatable bonds is 6. The first-order valence-electron chi connectivity index (χ1n) is 6.60. The first kappa shape index (κ1) is 14.5. The monoisotopic (exact) mass is 242 g/mol. The summed E-state index contributed by atoms with van der Waals surface area (Å²) in [4.78, 5) is 13.9. The topological polar surface area (TPSA) is 41.6 Å². The number of carbonyl (C=O) groups is 1. The van der Waals surface area contributed by atoms with E-state index in [2.05, 4.69) is 10.2 Å². The molecule has 1 aliphatic rings. The second kappa shape index (κ2) is 6.97. The molecule has 0 aromatic heterocycles. The molecule has 100 valence electrons. The van der Waals surface area contributed by atoms with E-state index in [0.717, 1.165) is 19.5 Å². The molecule has 1 rings (SSSR count). The van der Waals surface area contributed by atoms with Gasteiger partial charge in [0, 0.05) is 6.54 Å². The first-order valence-corrected chi connectivity index (χ1v) is 6.60. The van der Waals surface area contributed by atoms with E-state index >= 15 is 0 Å². The smallest absolute Gasteiger partial charge is 0.246 e. The summed E-state index contributed by atoms with van der Waals surface area (Å²) in [7, 11) is 0. The van der Waals surface area contributed by atoms with E-state index in [9.17, 15) is 4.79 Å². The number of likely N-dealkylation sites (tertiary alicyclic amines) is 1. The Hall–Kier alpha value is -0.610. The minimum Gasteiger partial charge on any atom is -0.366 e. The van der Waals surface area contributed by atoms with E-state index in [0.29, 0.717) is 0 Å². The zero-order valence-corrected chi connectivity index (χ0v) is 11.4. The second-order valence-corrected chi connectivity index (χ2v) is 5.65. The normalized spacial score (nSPS) is 17.4. The summed E-state index contributed by atoms with van der Waals surface area (Å²) in [5, 5.41) is 2.89. The van der Waals surface area contributed by atoms with Crippen molar-refractivity contribution in [2.75, 3.05) is 32.8 Å². The van der Waals surface area contributed by atoms with Gasteiger partial charge in [-0.15, -0.1) is 0 Å². The van der Waals surface area contributed by atoms with Crippen LogP contribution in [0.2, 0.25) is 0 Å². The SMILES string of the molecule is CC(C)(C)OCC(=O)NCCCN1CCCC1. The molecular formula is C13H26N2O2. The van der Waals surface area contributed by atoms with Gasteiger partial charge in [-0.2, -0.15) is 0 Å². The van der Waals surface area contributed by atoms with Gasteiger partial charge in [0.05, 0.1) is 5.60 Å². The van der Waals surface area contributed by atoms with Crippen molar-refractivity contribution in [3.8, 4) is 0 Å². The van der Waals surface area contributed by atoms with Gasteiger partial charge in [0.1, 0.15) is 6.61 Å². The van der Waals surface area contributed by atoms with Crippen LogP contribution in [-0.4, -0.2) is 49.2 Å². The standard InChI is InChI=1S/C13H26N2O2/c1-13(2,3)17-11-12(16)14-7-6-10-15-8-4-5-9-15/h4-11H2,1-3H3,(H,14,16). The van der Waals surface area contributed by atoms with Gasteiger partial charge < -0.3 is 15.0 Å². The van der Waals surface area contributed by atoms with Gasteiger partial charge in [0.15, 0.2) is 0 Å². The van der Waals surface area contributed by atoms with Crippen molar-refractivity contribution >= 4 is 5.91 Å². The zero-order chi connectivity index (χ0) is 12.7. The molecule has 1 aliphatic heterocycles. The predicted octanol–water partition coefficient (Wildman–Crippen LogP) is 1.40. The van der Waals surface area contributed by atoms with Crippen LogP contribution < -0.4 is 5.32 Å². The van der Waals surface area contributed by atoms with Crippen LogP contribution >= 0.6 is 0 Å². The molecule has 0 unspecified atom stereocenters. The number of ether oxygens (including phenoxy) is 1. The minimum atomic E-state index is -0.243. The van der Waals surface area contributed by atoms with Crippen molar-refractivity contribution in [3.63, 3.8) is 0 Å². The third kappa shape index (κ3) is 7.34. The summed E-state index contributed by atoms with van der Waals surface area (Å²) in [5.74, 6) is -0.0126.